The Morgan fingerprint density at radius 1 is 1.42 bits per heavy atom. The van der Waals surface area contributed by atoms with Gasteiger partial charge in [0.05, 0.1) is 5.69 Å². The summed E-state index contributed by atoms with van der Waals surface area (Å²) in [5, 5.41) is 15.0. The molecule has 0 unspecified atom stereocenters. The van der Waals surface area contributed by atoms with E-state index in [-0.39, 0.29) is 0 Å². The second-order valence-corrected chi connectivity index (χ2v) is 5.26. The minimum Gasteiger partial charge on any atom is -0.384 e. The highest BCUT2D eigenvalue weighted by molar-refractivity contribution is 7.98. The van der Waals surface area contributed by atoms with E-state index < -0.39 is 0 Å². The number of aromatic amines is 1. The first-order valence-electron chi connectivity index (χ1n) is 5.72. The molecule has 3 aromatic rings. The van der Waals surface area contributed by atoms with Crippen molar-refractivity contribution in [1.29, 1.82) is 0 Å². The number of aryl methyl sites for hydroxylation is 2. The van der Waals surface area contributed by atoms with Crippen molar-refractivity contribution < 1.29 is 0 Å². The number of nitrogen functional groups attached to an aromatic ring is 1. The zero-order chi connectivity index (χ0) is 13.4. The van der Waals surface area contributed by atoms with E-state index in [0.29, 0.717) is 11.5 Å². The van der Waals surface area contributed by atoms with Crippen molar-refractivity contribution in [3.8, 4) is 0 Å². The van der Waals surface area contributed by atoms with Gasteiger partial charge >= 0.3 is 0 Å². The van der Waals surface area contributed by atoms with Crippen LogP contribution in [0.4, 0.5) is 5.82 Å². The number of fused-ring (bicyclic) bond motifs is 1. The van der Waals surface area contributed by atoms with Crippen LogP contribution in [0.3, 0.4) is 0 Å². The summed E-state index contributed by atoms with van der Waals surface area (Å²) in [5.41, 5.74) is 9.29. The third-order valence-corrected chi connectivity index (χ3v) is 3.85. The highest BCUT2D eigenvalue weighted by Crippen LogP contribution is 2.29. The first-order chi connectivity index (χ1) is 9.13. The molecule has 0 radical (unpaired) electrons. The molecule has 0 saturated heterocycles. The summed E-state index contributed by atoms with van der Waals surface area (Å²) in [6, 6.07) is 1.82. The van der Waals surface area contributed by atoms with Crippen molar-refractivity contribution in [1.82, 2.24) is 30.2 Å². The molecule has 3 N–H and O–H groups in total. The van der Waals surface area contributed by atoms with Gasteiger partial charge in [-0.2, -0.15) is 15.4 Å². The average Bonchev–Trinajstić information content (AvgIpc) is 2.92. The zero-order valence-corrected chi connectivity index (χ0v) is 11.4. The van der Waals surface area contributed by atoms with Crippen LogP contribution in [0.5, 0.6) is 0 Å². The predicted octanol–water partition coefficient (Wildman–Crippen LogP) is 1.27. The van der Waals surface area contributed by atoms with Gasteiger partial charge < -0.3 is 5.73 Å². The number of H-pyrrole nitrogens is 1. The normalized spacial score (nSPS) is 11.3. The highest BCUT2D eigenvalue weighted by Gasteiger charge is 2.10. The third kappa shape index (κ3) is 2.26. The molecule has 19 heavy (non-hydrogen) atoms. The average molecular weight is 275 g/mol. The lowest BCUT2D eigenvalue weighted by molar-refractivity contribution is 0.756. The van der Waals surface area contributed by atoms with E-state index in [1.54, 1.807) is 11.8 Å². The van der Waals surface area contributed by atoms with Gasteiger partial charge in [-0.05, 0) is 13.0 Å². The van der Waals surface area contributed by atoms with E-state index in [9.17, 15) is 0 Å². The standard InChI is InChI=1S/C11H13N7S/c1-6-7(4-18(2)16-6)5-19-8-3-9(12)13-11-10(8)14-17-15-11/h3-4H,5H2,1-2H3,(H3,12,13,14,15,17). The number of thioether (sulfide) groups is 1. The number of nitrogens with zero attached hydrogens (tertiary/aromatic N) is 5. The summed E-state index contributed by atoms with van der Waals surface area (Å²) in [4.78, 5) is 5.09. The number of nitrogens with two attached hydrogens (primary N) is 1. The van der Waals surface area contributed by atoms with Crippen molar-refractivity contribution in [3.63, 3.8) is 0 Å². The van der Waals surface area contributed by atoms with Crippen molar-refractivity contribution >= 4 is 28.7 Å². The molecule has 0 fully saturated rings. The van der Waals surface area contributed by atoms with Gasteiger partial charge in [0.2, 0.25) is 5.65 Å². The summed E-state index contributed by atoms with van der Waals surface area (Å²) < 4.78 is 1.82. The van der Waals surface area contributed by atoms with Crippen molar-refractivity contribution in [3.05, 3.63) is 23.5 Å². The van der Waals surface area contributed by atoms with Crippen LogP contribution in [0, 0.1) is 6.92 Å². The molecule has 3 heterocycles. The van der Waals surface area contributed by atoms with Crippen molar-refractivity contribution in [2.45, 2.75) is 17.6 Å². The maximum Gasteiger partial charge on any atom is 0.204 e. The lowest BCUT2D eigenvalue weighted by Crippen LogP contribution is -1.92. The molecule has 0 atom stereocenters. The van der Waals surface area contributed by atoms with E-state index in [1.807, 2.05) is 30.9 Å². The molecule has 0 aliphatic heterocycles. The lowest BCUT2D eigenvalue weighted by atomic mass is 10.3. The highest BCUT2D eigenvalue weighted by atomic mass is 32.2. The van der Waals surface area contributed by atoms with Gasteiger partial charge in [-0.1, -0.05) is 0 Å². The molecule has 3 aromatic heterocycles. The van der Waals surface area contributed by atoms with Gasteiger partial charge in [0.25, 0.3) is 0 Å². The van der Waals surface area contributed by atoms with Crippen molar-refractivity contribution in [2.24, 2.45) is 7.05 Å². The van der Waals surface area contributed by atoms with Gasteiger partial charge in [-0.25, -0.2) is 4.98 Å². The third-order valence-electron chi connectivity index (χ3n) is 2.78. The first-order valence-corrected chi connectivity index (χ1v) is 6.71. The Balaban J connectivity index is 1.89. The maximum absolute atomic E-state index is 5.76. The summed E-state index contributed by atoms with van der Waals surface area (Å²) in [7, 11) is 1.92. The Kier molecular flexibility index (Phi) is 2.86. The minimum absolute atomic E-state index is 0.451. The number of nitrogens with one attached hydrogen (secondary N) is 1. The molecule has 0 aliphatic carbocycles. The van der Waals surface area contributed by atoms with Crippen LogP contribution in [-0.4, -0.2) is 30.2 Å². The topological polar surface area (TPSA) is 98.3 Å². The summed E-state index contributed by atoms with van der Waals surface area (Å²) in [5.74, 6) is 1.26. The monoisotopic (exact) mass is 275 g/mol. The van der Waals surface area contributed by atoms with Gasteiger partial charge in [0.15, 0.2) is 0 Å². The maximum atomic E-state index is 5.76. The number of aromatic nitrogens is 6. The van der Waals surface area contributed by atoms with E-state index in [0.717, 1.165) is 21.9 Å². The Labute approximate surface area is 113 Å². The van der Waals surface area contributed by atoms with Crippen molar-refractivity contribution in [2.75, 3.05) is 5.73 Å². The van der Waals surface area contributed by atoms with Crippen LogP contribution in [0.1, 0.15) is 11.3 Å². The Bertz CT molecular complexity index is 730. The second kappa shape index (κ2) is 4.54. The van der Waals surface area contributed by atoms with Crippen LogP contribution in [0.15, 0.2) is 17.2 Å². The Morgan fingerprint density at radius 3 is 3.00 bits per heavy atom. The fourth-order valence-electron chi connectivity index (χ4n) is 1.88. The molecular formula is C11H13N7S. The van der Waals surface area contributed by atoms with Crippen LogP contribution < -0.4 is 5.73 Å². The summed E-state index contributed by atoms with van der Waals surface area (Å²) in [6.07, 6.45) is 2.02. The molecule has 98 valence electrons. The molecule has 0 bridgehead atoms. The first kappa shape index (κ1) is 12.0. The fraction of sp³-hybridized carbons (Fsp3) is 0.273. The van der Waals surface area contributed by atoms with Gasteiger partial charge in [-0.3, -0.25) is 4.68 Å². The molecule has 0 aliphatic rings. The van der Waals surface area contributed by atoms with Gasteiger partial charge in [0.1, 0.15) is 11.3 Å². The Hall–Kier alpha value is -2.09. The minimum atomic E-state index is 0.451. The second-order valence-electron chi connectivity index (χ2n) is 4.24. The van der Waals surface area contributed by atoms with E-state index in [1.165, 1.54) is 5.56 Å². The van der Waals surface area contributed by atoms with Crippen LogP contribution in [-0.2, 0) is 12.8 Å². The molecule has 8 heteroatoms. The number of rotatable bonds is 3. The van der Waals surface area contributed by atoms with E-state index in [4.69, 9.17) is 5.73 Å². The number of anilines is 1. The number of hydrogen-bond donors (Lipinski definition) is 2. The number of pyridine rings is 1. The van der Waals surface area contributed by atoms with Gasteiger partial charge in [-0.15, -0.1) is 16.9 Å². The molecule has 0 amide bonds. The quantitative estimate of drug-likeness (QED) is 0.698. The summed E-state index contributed by atoms with van der Waals surface area (Å²) >= 11 is 1.65. The smallest absolute Gasteiger partial charge is 0.204 e. The molecular weight excluding hydrogens is 262 g/mol. The van der Waals surface area contributed by atoms with E-state index in [2.05, 4.69) is 25.5 Å². The molecule has 0 spiro atoms. The zero-order valence-electron chi connectivity index (χ0n) is 10.6. The largest absolute Gasteiger partial charge is 0.384 e. The summed E-state index contributed by atoms with van der Waals surface area (Å²) in [6.45, 7) is 2.00. The SMILES string of the molecule is Cc1nn(C)cc1CSc1cc(N)nc2n[nH]nc12. The molecule has 0 saturated carbocycles. The number of hydrogen-bond acceptors (Lipinski definition) is 6. The van der Waals surface area contributed by atoms with Crippen LogP contribution in [0.2, 0.25) is 0 Å². The van der Waals surface area contributed by atoms with Gasteiger partial charge in [0, 0.05) is 29.5 Å². The Morgan fingerprint density at radius 2 is 2.26 bits per heavy atom. The van der Waals surface area contributed by atoms with Crippen LogP contribution in [0.25, 0.3) is 11.2 Å². The molecule has 7 nitrogen and oxygen atoms in total. The van der Waals surface area contributed by atoms with Crippen LogP contribution >= 0.6 is 11.8 Å². The predicted molar refractivity (Wildman–Crippen MR) is 73.6 cm³/mol. The fourth-order valence-corrected chi connectivity index (χ4v) is 2.95. The lowest BCUT2D eigenvalue weighted by Gasteiger charge is -2.02. The molecule has 0 aromatic carbocycles. The molecule has 3 rings (SSSR count). The van der Waals surface area contributed by atoms with E-state index >= 15 is 0 Å².